The zero-order valence-corrected chi connectivity index (χ0v) is 16.1. The van der Waals surface area contributed by atoms with Crippen LogP contribution in [0.5, 0.6) is 0 Å². The molecule has 2 heterocycles. The third-order valence-electron chi connectivity index (χ3n) is 5.46. The van der Waals surface area contributed by atoms with Crippen molar-refractivity contribution in [2.75, 3.05) is 20.2 Å². The first-order valence-electron chi connectivity index (χ1n) is 9.58. The first-order valence-corrected chi connectivity index (χ1v) is 9.58. The van der Waals surface area contributed by atoms with Gasteiger partial charge in [-0.05, 0) is 42.7 Å². The van der Waals surface area contributed by atoms with Crippen LogP contribution in [0.15, 0.2) is 54.7 Å². The van der Waals surface area contributed by atoms with Gasteiger partial charge in [-0.3, -0.25) is 9.78 Å². The Morgan fingerprint density at radius 1 is 1.07 bits per heavy atom. The first-order chi connectivity index (χ1) is 14.1. The number of Topliss-reactive ketones (excluding diaryl/α,β-unsaturated/α-hetero) is 1. The number of likely N-dealkylation sites (tertiary alicyclic amines) is 1. The molecular weight excluding hydrogens is 371 g/mol. The van der Waals surface area contributed by atoms with E-state index in [1.165, 1.54) is 13.2 Å². The second-order valence-corrected chi connectivity index (χ2v) is 7.21. The number of ether oxygens (including phenoxy) is 1. The Morgan fingerprint density at radius 2 is 1.83 bits per heavy atom. The van der Waals surface area contributed by atoms with Crippen LogP contribution in [0.2, 0.25) is 0 Å². The van der Waals surface area contributed by atoms with Gasteiger partial charge in [-0.25, -0.2) is 9.18 Å². The molecule has 0 aliphatic carbocycles. The zero-order valence-electron chi connectivity index (χ0n) is 16.1. The summed E-state index contributed by atoms with van der Waals surface area (Å²) in [5.41, 5.74) is 2.45. The molecule has 1 aromatic heterocycles. The minimum Gasteiger partial charge on any atom is -0.453 e. The van der Waals surface area contributed by atoms with Gasteiger partial charge in [-0.2, -0.15) is 0 Å². The van der Waals surface area contributed by atoms with Gasteiger partial charge in [-0.1, -0.05) is 24.3 Å². The highest BCUT2D eigenvalue weighted by Crippen LogP contribution is 2.28. The molecule has 1 aliphatic rings. The number of hydrogen-bond acceptors (Lipinski definition) is 4. The van der Waals surface area contributed by atoms with Gasteiger partial charge in [0.05, 0.1) is 18.2 Å². The number of para-hydroxylation sites is 1. The van der Waals surface area contributed by atoms with E-state index < -0.39 is 11.9 Å². The molecule has 1 saturated heterocycles. The number of benzene rings is 2. The molecule has 29 heavy (non-hydrogen) atoms. The van der Waals surface area contributed by atoms with E-state index >= 15 is 0 Å². The number of methoxy groups -OCH3 is 1. The normalized spacial score (nSPS) is 14.8. The SMILES string of the molecule is COC(=O)N1CCC(C(=O)c2ccc(-c3cnc4ccccc4c3)cc2F)CC1. The average Bonchev–Trinajstić information content (AvgIpc) is 2.77. The van der Waals surface area contributed by atoms with Crippen molar-refractivity contribution < 1.29 is 18.7 Å². The number of hydrogen-bond donors (Lipinski definition) is 0. The van der Waals surface area contributed by atoms with Crippen molar-refractivity contribution >= 4 is 22.8 Å². The van der Waals surface area contributed by atoms with Gasteiger partial charge in [0.1, 0.15) is 5.82 Å². The monoisotopic (exact) mass is 392 g/mol. The molecule has 1 amide bonds. The van der Waals surface area contributed by atoms with Crippen LogP contribution in [0.1, 0.15) is 23.2 Å². The summed E-state index contributed by atoms with van der Waals surface area (Å²) in [6, 6.07) is 14.4. The van der Waals surface area contributed by atoms with Crippen LogP contribution in [-0.2, 0) is 4.74 Å². The molecule has 3 aromatic rings. The van der Waals surface area contributed by atoms with E-state index in [2.05, 4.69) is 4.98 Å². The number of carbonyl (C=O) groups is 2. The lowest BCUT2D eigenvalue weighted by Gasteiger charge is -2.30. The highest BCUT2D eigenvalue weighted by molar-refractivity contribution is 5.98. The molecule has 0 N–H and O–H groups in total. The van der Waals surface area contributed by atoms with Crippen molar-refractivity contribution in [1.29, 1.82) is 0 Å². The maximum atomic E-state index is 14.8. The fourth-order valence-electron chi connectivity index (χ4n) is 3.80. The van der Waals surface area contributed by atoms with E-state index in [1.807, 2.05) is 30.3 Å². The van der Waals surface area contributed by atoms with Gasteiger partial charge >= 0.3 is 6.09 Å². The van der Waals surface area contributed by atoms with Gasteiger partial charge in [-0.15, -0.1) is 0 Å². The van der Waals surface area contributed by atoms with Gasteiger partial charge < -0.3 is 9.64 Å². The number of aromatic nitrogens is 1. The summed E-state index contributed by atoms with van der Waals surface area (Å²) < 4.78 is 19.5. The Kier molecular flexibility index (Phi) is 5.25. The number of ketones is 1. The maximum Gasteiger partial charge on any atom is 0.409 e. The number of fused-ring (bicyclic) bond motifs is 1. The van der Waals surface area contributed by atoms with Crippen molar-refractivity contribution in [3.63, 3.8) is 0 Å². The Labute approximate surface area is 168 Å². The van der Waals surface area contributed by atoms with Crippen LogP contribution in [0.4, 0.5) is 9.18 Å². The van der Waals surface area contributed by atoms with Gasteiger partial charge in [0.15, 0.2) is 5.78 Å². The van der Waals surface area contributed by atoms with Gasteiger partial charge in [0, 0.05) is 36.2 Å². The summed E-state index contributed by atoms with van der Waals surface area (Å²) in [5.74, 6) is -1.04. The van der Waals surface area contributed by atoms with Crippen LogP contribution < -0.4 is 0 Å². The fourth-order valence-corrected chi connectivity index (χ4v) is 3.80. The van der Waals surface area contributed by atoms with E-state index in [9.17, 15) is 14.0 Å². The lowest BCUT2D eigenvalue weighted by molar-refractivity contribution is 0.0789. The average molecular weight is 392 g/mol. The molecule has 1 fully saturated rings. The van der Waals surface area contributed by atoms with Crippen molar-refractivity contribution in [3.8, 4) is 11.1 Å². The fraction of sp³-hybridized carbons (Fsp3) is 0.261. The summed E-state index contributed by atoms with van der Waals surface area (Å²) in [6.07, 6.45) is 2.32. The van der Waals surface area contributed by atoms with Gasteiger partial charge in [0.2, 0.25) is 0 Å². The second-order valence-electron chi connectivity index (χ2n) is 7.21. The molecule has 4 rings (SSSR count). The molecule has 2 aromatic carbocycles. The zero-order chi connectivity index (χ0) is 20.4. The lowest BCUT2D eigenvalue weighted by atomic mass is 9.88. The topological polar surface area (TPSA) is 59.5 Å². The van der Waals surface area contributed by atoms with Crippen LogP contribution in [0.3, 0.4) is 0 Å². The predicted molar refractivity (Wildman–Crippen MR) is 108 cm³/mol. The van der Waals surface area contributed by atoms with Crippen LogP contribution in [0.25, 0.3) is 22.0 Å². The molecule has 0 bridgehead atoms. The van der Waals surface area contributed by atoms with Gasteiger partial charge in [0.25, 0.3) is 0 Å². The molecular formula is C23H21FN2O3. The van der Waals surface area contributed by atoms with Crippen LogP contribution in [-0.4, -0.2) is 42.0 Å². The number of pyridine rings is 1. The van der Waals surface area contributed by atoms with E-state index in [-0.39, 0.29) is 17.3 Å². The van der Waals surface area contributed by atoms with E-state index in [1.54, 1.807) is 23.2 Å². The summed E-state index contributed by atoms with van der Waals surface area (Å²) in [4.78, 5) is 30.4. The van der Waals surface area contributed by atoms with Crippen molar-refractivity contribution in [3.05, 3.63) is 66.1 Å². The van der Waals surface area contributed by atoms with E-state index in [0.717, 1.165) is 16.5 Å². The lowest BCUT2D eigenvalue weighted by Crippen LogP contribution is -2.40. The van der Waals surface area contributed by atoms with Crippen LogP contribution in [0, 0.1) is 11.7 Å². The highest BCUT2D eigenvalue weighted by Gasteiger charge is 2.29. The molecule has 5 nitrogen and oxygen atoms in total. The molecule has 148 valence electrons. The maximum absolute atomic E-state index is 14.8. The second kappa shape index (κ2) is 7.99. The molecule has 0 radical (unpaired) electrons. The molecule has 0 saturated carbocycles. The number of carbonyl (C=O) groups excluding carboxylic acids is 2. The number of piperidine rings is 1. The number of nitrogens with zero attached hydrogens (tertiary/aromatic N) is 2. The highest BCUT2D eigenvalue weighted by atomic mass is 19.1. The molecule has 1 aliphatic heterocycles. The third-order valence-corrected chi connectivity index (χ3v) is 5.46. The Morgan fingerprint density at radius 3 is 2.55 bits per heavy atom. The summed E-state index contributed by atoms with van der Waals surface area (Å²) in [6.45, 7) is 0.872. The van der Waals surface area contributed by atoms with Crippen molar-refractivity contribution in [2.24, 2.45) is 5.92 Å². The Balaban J connectivity index is 1.52. The smallest absolute Gasteiger partial charge is 0.409 e. The standard InChI is InChI=1S/C23H21FN2O3/c1-29-23(28)26-10-8-15(9-11-26)22(27)19-7-6-16(13-20(19)24)18-12-17-4-2-3-5-21(17)25-14-18/h2-7,12-15H,8-11H2,1H3. The number of amides is 1. The summed E-state index contributed by atoms with van der Waals surface area (Å²) in [5, 5.41) is 0.975. The molecule has 0 unspecified atom stereocenters. The van der Waals surface area contributed by atoms with E-state index in [0.29, 0.717) is 31.5 Å². The predicted octanol–water partition coefficient (Wildman–Crippen LogP) is 4.70. The van der Waals surface area contributed by atoms with E-state index in [4.69, 9.17) is 4.74 Å². The minimum atomic E-state index is -0.531. The summed E-state index contributed by atoms with van der Waals surface area (Å²) >= 11 is 0. The van der Waals surface area contributed by atoms with Crippen molar-refractivity contribution in [1.82, 2.24) is 9.88 Å². The largest absolute Gasteiger partial charge is 0.453 e. The molecule has 0 atom stereocenters. The molecule has 0 spiro atoms. The quantitative estimate of drug-likeness (QED) is 0.606. The Hall–Kier alpha value is -3.28. The molecule has 6 heteroatoms. The first kappa shape index (κ1) is 19.1. The summed E-state index contributed by atoms with van der Waals surface area (Å²) in [7, 11) is 1.33. The van der Waals surface area contributed by atoms with Crippen LogP contribution >= 0.6 is 0 Å². The third kappa shape index (κ3) is 3.83. The Bertz CT molecular complexity index is 1070. The number of halogens is 1. The minimum absolute atomic E-state index is 0.0963. The van der Waals surface area contributed by atoms with Crippen molar-refractivity contribution in [2.45, 2.75) is 12.8 Å². The number of rotatable bonds is 3.